The number of rotatable bonds is 5. The second kappa shape index (κ2) is 13.0. The van der Waals surface area contributed by atoms with Crippen molar-refractivity contribution in [1.29, 1.82) is 0 Å². The van der Waals surface area contributed by atoms with Crippen LogP contribution in [0.25, 0.3) is 0 Å². The highest BCUT2D eigenvalue weighted by Crippen LogP contribution is 2.21. The Morgan fingerprint density at radius 2 is 1.71 bits per heavy atom. The van der Waals surface area contributed by atoms with Gasteiger partial charge in [0.1, 0.15) is 6.10 Å². The summed E-state index contributed by atoms with van der Waals surface area (Å²) in [6.07, 6.45) is 8.05. The van der Waals surface area contributed by atoms with Gasteiger partial charge in [0.25, 0.3) is 0 Å². The van der Waals surface area contributed by atoms with Crippen LogP contribution in [0.15, 0.2) is 29.3 Å². The SMILES string of the molecule is CN=C(NCc1ccccc1CN1CCCCCC1)N1CCOC(C2CCCO2)C1.I. The Kier molecular flexibility index (Phi) is 10.3. The molecule has 4 rings (SSSR count). The maximum atomic E-state index is 6.01. The van der Waals surface area contributed by atoms with Crippen molar-refractivity contribution in [3.05, 3.63) is 35.4 Å². The molecule has 1 aromatic rings. The van der Waals surface area contributed by atoms with Crippen LogP contribution < -0.4 is 5.32 Å². The zero-order valence-electron chi connectivity index (χ0n) is 18.9. The molecule has 0 spiro atoms. The van der Waals surface area contributed by atoms with Gasteiger partial charge < -0.3 is 19.7 Å². The fourth-order valence-corrected chi connectivity index (χ4v) is 4.91. The molecule has 0 aliphatic carbocycles. The molecular formula is C24H39IN4O2. The van der Waals surface area contributed by atoms with Gasteiger partial charge in [0, 0.05) is 39.8 Å². The van der Waals surface area contributed by atoms with Crippen LogP contribution in [0.2, 0.25) is 0 Å². The van der Waals surface area contributed by atoms with Gasteiger partial charge in [-0.2, -0.15) is 0 Å². The van der Waals surface area contributed by atoms with Crippen LogP contribution >= 0.6 is 24.0 Å². The first-order chi connectivity index (χ1) is 14.8. The van der Waals surface area contributed by atoms with Crippen molar-refractivity contribution in [2.45, 2.75) is 63.8 Å². The van der Waals surface area contributed by atoms with Crippen molar-refractivity contribution in [2.75, 3.05) is 46.4 Å². The van der Waals surface area contributed by atoms with Gasteiger partial charge >= 0.3 is 0 Å². The highest BCUT2D eigenvalue weighted by atomic mass is 127. The molecule has 0 bridgehead atoms. The predicted molar refractivity (Wildman–Crippen MR) is 136 cm³/mol. The van der Waals surface area contributed by atoms with E-state index in [9.17, 15) is 0 Å². The summed E-state index contributed by atoms with van der Waals surface area (Å²) in [5, 5.41) is 3.62. The normalized spacial score (nSPS) is 25.7. The Morgan fingerprint density at radius 1 is 0.968 bits per heavy atom. The second-order valence-electron chi connectivity index (χ2n) is 8.77. The molecule has 0 radical (unpaired) electrons. The van der Waals surface area contributed by atoms with Gasteiger partial charge in [0.05, 0.1) is 12.7 Å². The molecule has 2 atom stereocenters. The number of benzene rings is 1. The van der Waals surface area contributed by atoms with E-state index in [2.05, 4.69) is 44.4 Å². The third-order valence-electron chi connectivity index (χ3n) is 6.63. The van der Waals surface area contributed by atoms with Gasteiger partial charge in [-0.25, -0.2) is 0 Å². The van der Waals surface area contributed by atoms with Gasteiger partial charge in [-0.05, 0) is 49.9 Å². The third-order valence-corrected chi connectivity index (χ3v) is 6.63. The molecule has 7 heteroatoms. The van der Waals surface area contributed by atoms with Gasteiger partial charge in [-0.3, -0.25) is 9.89 Å². The monoisotopic (exact) mass is 542 g/mol. The molecule has 0 amide bonds. The minimum atomic E-state index is 0. The number of likely N-dealkylation sites (tertiary alicyclic amines) is 1. The molecule has 6 nitrogen and oxygen atoms in total. The lowest BCUT2D eigenvalue weighted by molar-refractivity contribution is -0.0817. The summed E-state index contributed by atoms with van der Waals surface area (Å²) in [7, 11) is 1.88. The number of guanidine groups is 1. The zero-order valence-corrected chi connectivity index (χ0v) is 21.3. The fraction of sp³-hybridized carbons (Fsp3) is 0.708. The van der Waals surface area contributed by atoms with E-state index >= 15 is 0 Å². The average Bonchev–Trinajstić information content (AvgIpc) is 3.21. The lowest BCUT2D eigenvalue weighted by Crippen LogP contribution is -2.53. The fourth-order valence-electron chi connectivity index (χ4n) is 4.91. The first-order valence-electron chi connectivity index (χ1n) is 11.8. The first kappa shape index (κ1) is 24.7. The van der Waals surface area contributed by atoms with Crippen molar-refractivity contribution < 1.29 is 9.47 Å². The molecule has 3 aliphatic heterocycles. The summed E-state index contributed by atoms with van der Waals surface area (Å²) in [5.41, 5.74) is 2.80. The van der Waals surface area contributed by atoms with Crippen LogP contribution in [0.4, 0.5) is 0 Å². The Hall–Kier alpha value is -0.900. The van der Waals surface area contributed by atoms with Gasteiger partial charge in [-0.15, -0.1) is 24.0 Å². The van der Waals surface area contributed by atoms with Crippen LogP contribution in [0, 0.1) is 0 Å². The van der Waals surface area contributed by atoms with Crippen LogP contribution in [0.5, 0.6) is 0 Å². The molecule has 3 fully saturated rings. The molecule has 0 saturated carbocycles. The first-order valence-corrected chi connectivity index (χ1v) is 11.8. The molecular weight excluding hydrogens is 503 g/mol. The number of nitrogens with one attached hydrogen (secondary N) is 1. The summed E-state index contributed by atoms with van der Waals surface area (Å²) in [6, 6.07) is 8.85. The molecule has 2 unspecified atom stereocenters. The van der Waals surface area contributed by atoms with Crippen LogP contribution in [0.3, 0.4) is 0 Å². The Morgan fingerprint density at radius 3 is 2.42 bits per heavy atom. The highest BCUT2D eigenvalue weighted by Gasteiger charge is 2.32. The van der Waals surface area contributed by atoms with E-state index in [0.29, 0.717) is 0 Å². The van der Waals surface area contributed by atoms with Crippen LogP contribution in [-0.4, -0.2) is 74.4 Å². The zero-order chi connectivity index (χ0) is 20.6. The lowest BCUT2D eigenvalue weighted by Gasteiger charge is -2.37. The summed E-state index contributed by atoms with van der Waals surface area (Å²) in [5.74, 6) is 0.964. The minimum absolute atomic E-state index is 0. The largest absolute Gasteiger partial charge is 0.375 e. The topological polar surface area (TPSA) is 49.3 Å². The molecule has 0 aromatic heterocycles. The number of ether oxygens (including phenoxy) is 2. The summed E-state index contributed by atoms with van der Waals surface area (Å²) in [6.45, 7) is 7.62. The van der Waals surface area contributed by atoms with Gasteiger partial charge in [0.15, 0.2) is 5.96 Å². The van der Waals surface area contributed by atoms with E-state index in [1.807, 2.05) is 7.05 Å². The number of aliphatic imine (C=N–C) groups is 1. The summed E-state index contributed by atoms with van der Waals surface area (Å²) >= 11 is 0. The van der Waals surface area contributed by atoms with E-state index in [4.69, 9.17) is 9.47 Å². The summed E-state index contributed by atoms with van der Waals surface area (Å²) < 4.78 is 11.9. The Balaban J connectivity index is 0.00000272. The smallest absolute Gasteiger partial charge is 0.194 e. The molecule has 3 saturated heterocycles. The second-order valence-corrected chi connectivity index (χ2v) is 8.77. The van der Waals surface area contributed by atoms with Crippen molar-refractivity contribution in [3.63, 3.8) is 0 Å². The lowest BCUT2D eigenvalue weighted by atomic mass is 10.1. The maximum Gasteiger partial charge on any atom is 0.194 e. The van der Waals surface area contributed by atoms with E-state index < -0.39 is 0 Å². The molecule has 3 aliphatic rings. The van der Waals surface area contributed by atoms with Gasteiger partial charge in [-0.1, -0.05) is 37.1 Å². The van der Waals surface area contributed by atoms with Crippen LogP contribution in [0.1, 0.15) is 49.7 Å². The Bertz CT molecular complexity index is 688. The average molecular weight is 543 g/mol. The van der Waals surface area contributed by atoms with Crippen LogP contribution in [-0.2, 0) is 22.6 Å². The van der Waals surface area contributed by atoms with Crippen molar-refractivity contribution >= 4 is 29.9 Å². The number of hydrogen-bond acceptors (Lipinski definition) is 4. The van der Waals surface area contributed by atoms with Crippen molar-refractivity contribution in [3.8, 4) is 0 Å². The molecule has 31 heavy (non-hydrogen) atoms. The van der Waals surface area contributed by atoms with Gasteiger partial charge in [0.2, 0.25) is 0 Å². The Labute approximate surface area is 204 Å². The number of nitrogens with zero attached hydrogens (tertiary/aromatic N) is 3. The highest BCUT2D eigenvalue weighted by molar-refractivity contribution is 14.0. The predicted octanol–water partition coefficient (Wildman–Crippen LogP) is 3.64. The quantitative estimate of drug-likeness (QED) is 0.350. The molecule has 1 aromatic carbocycles. The van der Waals surface area contributed by atoms with Crippen molar-refractivity contribution in [1.82, 2.24) is 15.1 Å². The number of hydrogen-bond donors (Lipinski definition) is 1. The number of halogens is 1. The maximum absolute atomic E-state index is 6.01. The van der Waals surface area contributed by atoms with Crippen molar-refractivity contribution in [2.24, 2.45) is 4.99 Å². The van der Waals surface area contributed by atoms with E-state index in [1.165, 1.54) is 49.9 Å². The summed E-state index contributed by atoms with van der Waals surface area (Å²) in [4.78, 5) is 9.52. The van der Waals surface area contributed by atoms with E-state index in [-0.39, 0.29) is 36.2 Å². The van der Waals surface area contributed by atoms with E-state index in [0.717, 1.165) is 58.2 Å². The third kappa shape index (κ3) is 7.04. The number of morpholine rings is 1. The molecule has 3 heterocycles. The minimum Gasteiger partial charge on any atom is -0.375 e. The molecule has 1 N–H and O–H groups in total. The molecule has 174 valence electrons. The standard InChI is InChI=1S/C24H38N4O2.HI/c1-25-24(28-14-16-30-23(19-28)22-11-8-15-29-22)26-17-20-9-4-5-10-21(20)18-27-12-6-2-3-7-13-27;/h4-5,9-10,22-23H,2-3,6-8,11-19H2,1H3,(H,25,26);1H. The van der Waals surface area contributed by atoms with E-state index in [1.54, 1.807) is 0 Å².